The van der Waals surface area contributed by atoms with Gasteiger partial charge in [-0.3, -0.25) is 14.6 Å². The summed E-state index contributed by atoms with van der Waals surface area (Å²) in [6.07, 6.45) is 5.46. The summed E-state index contributed by atoms with van der Waals surface area (Å²) in [5.74, 6) is 0.00603. The Morgan fingerprint density at radius 1 is 1.12 bits per heavy atom. The van der Waals surface area contributed by atoms with Gasteiger partial charge in [-0.25, -0.2) is 0 Å². The van der Waals surface area contributed by atoms with Crippen molar-refractivity contribution in [3.63, 3.8) is 0 Å². The number of aromatic nitrogens is 4. The van der Waals surface area contributed by atoms with Crippen LogP contribution in [-0.2, 0) is 6.54 Å². The molecule has 6 nitrogen and oxygen atoms in total. The molecule has 128 valence electrons. The molecular formula is C20H17N5O. The van der Waals surface area contributed by atoms with E-state index in [2.05, 4.69) is 27.4 Å². The fraction of sp³-hybridized carbons (Fsp3) is 0.150. The van der Waals surface area contributed by atoms with E-state index in [-0.39, 0.29) is 11.9 Å². The highest BCUT2D eigenvalue weighted by Crippen LogP contribution is 2.30. The van der Waals surface area contributed by atoms with Crippen LogP contribution in [0.1, 0.15) is 27.5 Å². The number of para-hydroxylation sites is 1. The van der Waals surface area contributed by atoms with Crippen LogP contribution in [-0.4, -0.2) is 37.3 Å². The summed E-state index contributed by atoms with van der Waals surface area (Å²) in [5, 5.41) is 12.4. The summed E-state index contributed by atoms with van der Waals surface area (Å²) in [5.41, 5.74) is 3.81. The monoisotopic (exact) mass is 343 g/mol. The Morgan fingerprint density at radius 3 is 2.92 bits per heavy atom. The van der Waals surface area contributed by atoms with Crippen LogP contribution < -0.4 is 0 Å². The third-order valence-corrected chi connectivity index (χ3v) is 5.01. The molecule has 1 N–H and O–H groups in total. The second-order valence-corrected chi connectivity index (χ2v) is 6.53. The molecular weight excluding hydrogens is 326 g/mol. The molecule has 4 aromatic rings. The van der Waals surface area contributed by atoms with Crippen LogP contribution >= 0.6 is 0 Å². The van der Waals surface area contributed by atoms with Crippen molar-refractivity contribution in [1.29, 1.82) is 0 Å². The first-order valence-corrected chi connectivity index (χ1v) is 8.59. The Bertz CT molecular complexity index is 1080. The highest BCUT2D eigenvalue weighted by molar-refractivity contribution is 6.05. The van der Waals surface area contributed by atoms with Gasteiger partial charge in [-0.15, -0.1) is 0 Å². The van der Waals surface area contributed by atoms with Crippen molar-refractivity contribution in [1.82, 2.24) is 24.9 Å². The minimum absolute atomic E-state index is 0.00603. The lowest BCUT2D eigenvalue weighted by Crippen LogP contribution is -2.40. The molecule has 26 heavy (non-hydrogen) atoms. The summed E-state index contributed by atoms with van der Waals surface area (Å²) < 4.78 is 1.93. The van der Waals surface area contributed by atoms with E-state index in [1.54, 1.807) is 12.4 Å². The van der Waals surface area contributed by atoms with E-state index in [0.717, 1.165) is 16.5 Å². The topological polar surface area (TPSA) is 66.8 Å². The molecule has 0 radical (unpaired) electrons. The number of fused-ring (bicyclic) bond motifs is 2. The van der Waals surface area contributed by atoms with Crippen molar-refractivity contribution in [2.24, 2.45) is 0 Å². The Labute approximate surface area is 150 Å². The average Bonchev–Trinajstić information content (AvgIpc) is 3.38. The molecule has 0 saturated carbocycles. The molecule has 0 spiro atoms. The number of H-pyrrole nitrogens is 1. The second-order valence-electron chi connectivity index (χ2n) is 6.53. The Hall–Kier alpha value is -3.41. The van der Waals surface area contributed by atoms with E-state index in [0.29, 0.717) is 18.7 Å². The third-order valence-electron chi connectivity index (χ3n) is 5.01. The first-order chi connectivity index (χ1) is 12.8. The number of carbonyl (C=O) groups excluding carboxylic acids is 1. The van der Waals surface area contributed by atoms with Gasteiger partial charge < -0.3 is 4.90 Å². The molecule has 5 rings (SSSR count). The van der Waals surface area contributed by atoms with Crippen LogP contribution in [0.3, 0.4) is 0 Å². The first-order valence-electron chi connectivity index (χ1n) is 8.59. The largest absolute Gasteiger partial charge is 0.332 e. The fourth-order valence-corrected chi connectivity index (χ4v) is 3.74. The fourth-order valence-electron chi connectivity index (χ4n) is 3.74. The zero-order valence-corrected chi connectivity index (χ0v) is 14.0. The van der Waals surface area contributed by atoms with Crippen LogP contribution in [0.5, 0.6) is 0 Å². The molecule has 1 aliphatic heterocycles. The van der Waals surface area contributed by atoms with E-state index < -0.39 is 0 Å². The number of rotatable bonds is 2. The number of aromatic amines is 1. The number of hydrogen-bond donors (Lipinski definition) is 1. The van der Waals surface area contributed by atoms with E-state index in [4.69, 9.17) is 0 Å². The summed E-state index contributed by atoms with van der Waals surface area (Å²) in [7, 11) is 0. The zero-order chi connectivity index (χ0) is 17.5. The molecule has 0 aliphatic carbocycles. The number of nitrogens with zero attached hydrogens (tertiary/aromatic N) is 4. The summed E-state index contributed by atoms with van der Waals surface area (Å²) in [6.45, 7) is 1.18. The minimum atomic E-state index is 0.00603. The lowest BCUT2D eigenvalue weighted by Gasteiger charge is -2.35. The maximum Gasteiger partial charge on any atom is 0.256 e. The molecule has 3 heterocycles. The van der Waals surface area contributed by atoms with Gasteiger partial charge in [-0.05, 0) is 23.3 Å². The number of carbonyl (C=O) groups is 1. The Morgan fingerprint density at radius 2 is 2.04 bits per heavy atom. The van der Waals surface area contributed by atoms with Crippen molar-refractivity contribution in [3.05, 3.63) is 83.8 Å². The highest BCUT2D eigenvalue weighted by Gasteiger charge is 2.30. The van der Waals surface area contributed by atoms with Gasteiger partial charge in [0.1, 0.15) is 0 Å². The molecule has 0 saturated heterocycles. The van der Waals surface area contributed by atoms with Gasteiger partial charge in [0, 0.05) is 30.9 Å². The molecule has 6 heteroatoms. The second kappa shape index (κ2) is 5.84. The van der Waals surface area contributed by atoms with Gasteiger partial charge in [-0.2, -0.15) is 10.2 Å². The maximum absolute atomic E-state index is 13.3. The quantitative estimate of drug-likeness (QED) is 0.608. The highest BCUT2D eigenvalue weighted by atomic mass is 16.2. The van der Waals surface area contributed by atoms with Crippen molar-refractivity contribution < 1.29 is 4.79 Å². The van der Waals surface area contributed by atoms with Crippen LogP contribution in [0.25, 0.3) is 10.9 Å². The van der Waals surface area contributed by atoms with Gasteiger partial charge in [0.25, 0.3) is 5.91 Å². The van der Waals surface area contributed by atoms with E-state index in [1.165, 1.54) is 5.56 Å². The van der Waals surface area contributed by atoms with Crippen LogP contribution in [0.4, 0.5) is 0 Å². The number of amides is 1. The summed E-state index contributed by atoms with van der Waals surface area (Å²) in [6, 6.07) is 15.9. The van der Waals surface area contributed by atoms with E-state index >= 15 is 0 Å². The Kier molecular flexibility index (Phi) is 3.35. The lowest BCUT2D eigenvalue weighted by atomic mass is 9.95. The number of nitrogens with one attached hydrogen (secondary N) is 1. The van der Waals surface area contributed by atoms with Crippen molar-refractivity contribution >= 4 is 16.8 Å². The molecule has 2 aromatic heterocycles. The lowest BCUT2D eigenvalue weighted by molar-refractivity contribution is 0.0708. The number of hydrogen-bond acceptors (Lipinski definition) is 3. The predicted molar refractivity (Wildman–Crippen MR) is 97.6 cm³/mol. The van der Waals surface area contributed by atoms with Gasteiger partial charge in [0.2, 0.25) is 0 Å². The standard InChI is InChI=1S/C20H17N5O/c26-20(17-8-3-6-14-11-21-23-19(14)17)24-12-15-5-1-2-7-16(15)18(13-24)25-10-4-9-22-25/h1-11,18H,12-13H2,(H,21,23). The third kappa shape index (κ3) is 2.30. The van der Waals surface area contributed by atoms with Crippen LogP contribution in [0, 0.1) is 0 Å². The van der Waals surface area contributed by atoms with Crippen LogP contribution in [0.15, 0.2) is 67.1 Å². The summed E-state index contributed by atoms with van der Waals surface area (Å²) in [4.78, 5) is 15.2. The molecule has 1 unspecified atom stereocenters. The van der Waals surface area contributed by atoms with E-state index in [9.17, 15) is 4.79 Å². The zero-order valence-electron chi connectivity index (χ0n) is 14.0. The Balaban J connectivity index is 1.56. The van der Waals surface area contributed by atoms with Crippen molar-refractivity contribution in [2.75, 3.05) is 6.54 Å². The minimum Gasteiger partial charge on any atom is -0.332 e. The molecule has 1 atom stereocenters. The normalized spacial score (nSPS) is 16.6. The average molecular weight is 343 g/mol. The van der Waals surface area contributed by atoms with Crippen molar-refractivity contribution in [3.8, 4) is 0 Å². The molecule has 1 aliphatic rings. The first kappa shape index (κ1) is 14.9. The molecule has 0 bridgehead atoms. The van der Waals surface area contributed by atoms with E-state index in [1.807, 2.05) is 52.2 Å². The molecule has 0 fully saturated rings. The van der Waals surface area contributed by atoms with Gasteiger partial charge in [-0.1, -0.05) is 36.4 Å². The maximum atomic E-state index is 13.3. The van der Waals surface area contributed by atoms with Crippen molar-refractivity contribution in [2.45, 2.75) is 12.6 Å². The molecule has 1 amide bonds. The SMILES string of the molecule is O=C(c1cccc2cn[nH]c12)N1Cc2ccccc2C(n2cccn2)C1. The van der Waals surface area contributed by atoms with Gasteiger partial charge in [0.05, 0.1) is 23.3 Å². The number of benzene rings is 2. The smallest absolute Gasteiger partial charge is 0.256 e. The molecule has 2 aromatic carbocycles. The predicted octanol–water partition coefficient (Wildman–Crippen LogP) is 3.00. The van der Waals surface area contributed by atoms with Gasteiger partial charge >= 0.3 is 0 Å². The summed E-state index contributed by atoms with van der Waals surface area (Å²) >= 11 is 0. The van der Waals surface area contributed by atoms with Crippen LogP contribution in [0.2, 0.25) is 0 Å². The van der Waals surface area contributed by atoms with Gasteiger partial charge in [0.15, 0.2) is 0 Å².